The minimum Gasteiger partial charge on any atom is -0.459 e. The fourth-order valence-electron chi connectivity index (χ4n) is 3.11. The molecule has 1 aliphatic heterocycles. The van der Waals surface area contributed by atoms with Crippen molar-refractivity contribution in [2.45, 2.75) is 39.2 Å². The van der Waals surface area contributed by atoms with Crippen LogP contribution in [0.5, 0.6) is 0 Å². The number of aromatic nitrogens is 1. The third kappa shape index (κ3) is 3.64. The quantitative estimate of drug-likeness (QED) is 0.934. The first kappa shape index (κ1) is 16.2. The lowest BCUT2D eigenvalue weighted by molar-refractivity contribution is -0.134. The molecule has 1 aliphatic rings. The number of amides is 1. The lowest BCUT2D eigenvalue weighted by Gasteiger charge is -2.38. The molecule has 1 fully saturated rings. The van der Waals surface area contributed by atoms with Gasteiger partial charge in [0, 0.05) is 24.5 Å². The molecule has 6 heteroatoms. The monoisotopic (exact) mass is 333 g/mol. The Bertz CT molecular complexity index is 679. The fourth-order valence-corrected chi connectivity index (χ4v) is 3.89. The van der Waals surface area contributed by atoms with Gasteiger partial charge in [-0.05, 0) is 37.8 Å². The zero-order chi connectivity index (χ0) is 16.4. The van der Waals surface area contributed by atoms with Crippen LogP contribution in [0.4, 0.5) is 0 Å². The van der Waals surface area contributed by atoms with Crippen LogP contribution in [0.15, 0.2) is 21.9 Å². The molecule has 0 saturated carbocycles. The van der Waals surface area contributed by atoms with E-state index in [0.717, 1.165) is 41.6 Å². The summed E-state index contributed by atoms with van der Waals surface area (Å²) < 4.78 is 5.59. The van der Waals surface area contributed by atoms with E-state index in [4.69, 9.17) is 10.2 Å². The van der Waals surface area contributed by atoms with E-state index in [1.807, 2.05) is 29.3 Å². The van der Waals surface area contributed by atoms with Crippen LogP contribution in [0, 0.1) is 12.8 Å². The molecule has 2 aromatic rings. The van der Waals surface area contributed by atoms with Gasteiger partial charge in [-0.3, -0.25) is 4.79 Å². The highest BCUT2D eigenvalue weighted by Gasteiger charge is 2.29. The Kier molecular flexibility index (Phi) is 4.82. The van der Waals surface area contributed by atoms with Gasteiger partial charge in [0.1, 0.15) is 5.76 Å². The average Bonchev–Trinajstić information content (AvgIpc) is 3.15. The van der Waals surface area contributed by atoms with E-state index in [1.165, 1.54) is 11.3 Å². The number of hydrogen-bond donors (Lipinski definition) is 1. The number of thiazole rings is 1. The number of nitrogens with zero attached hydrogens (tertiary/aromatic N) is 2. The van der Waals surface area contributed by atoms with E-state index in [1.54, 1.807) is 0 Å². The minimum atomic E-state index is 0.125. The van der Waals surface area contributed by atoms with Crippen LogP contribution in [0.2, 0.25) is 0 Å². The molecule has 23 heavy (non-hydrogen) atoms. The van der Waals surface area contributed by atoms with Gasteiger partial charge in [0.2, 0.25) is 5.91 Å². The third-order valence-electron chi connectivity index (χ3n) is 4.41. The van der Waals surface area contributed by atoms with Gasteiger partial charge in [-0.15, -0.1) is 11.3 Å². The fraction of sp³-hybridized carbons (Fsp3) is 0.529. The Morgan fingerprint density at radius 2 is 2.35 bits per heavy atom. The van der Waals surface area contributed by atoms with Crippen molar-refractivity contribution in [3.05, 3.63) is 29.0 Å². The smallest absolute Gasteiger partial charge is 0.228 e. The summed E-state index contributed by atoms with van der Waals surface area (Å²) in [6, 6.07) is 4.00. The van der Waals surface area contributed by atoms with E-state index in [9.17, 15) is 4.79 Å². The predicted molar refractivity (Wildman–Crippen MR) is 91.2 cm³/mol. The first-order chi connectivity index (χ1) is 11.1. The van der Waals surface area contributed by atoms with E-state index >= 15 is 0 Å². The standard InChI is InChI=1S/C17H23N3O2S/c1-11-5-6-20(14(7-11)9-18)16(21)8-13-10-23-17(19-13)15-4-3-12(2)22-15/h3-4,10-11,14H,5-9,18H2,1-2H3. The molecule has 0 aliphatic carbocycles. The molecule has 0 bridgehead atoms. The number of rotatable bonds is 4. The van der Waals surface area contributed by atoms with Crippen LogP contribution in [-0.2, 0) is 11.2 Å². The molecule has 0 radical (unpaired) electrons. The second-order valence-electron chi connectivity index (χ2n) is 6.34. The lowest BCUT2D eigenvalue weighted by Crippen LogP contribution is -2.49. The Hall–Kier alpha value is -1.66. The summed E-state index contributed by atoms with van der Waals surface area (Å²) >= 11 is 1.51. The van der Waals surface area contributed by atoms with Gasteiger partial charge >= 0.3 is 0 Å². The topological polar surface area (TPSA) is 72.4 Å². The van der Waals surface area contributed by atoms with Gasteiger partial charge in [-0.2, -0.15) is 0 Å². The molecule has 124 valence electrons. The van der Waals surface area contributed by atoms with Crippen LogP contribution in [-0.4, -0.2) is 34.9 Å². The first-order valence-electron chi connectivity index (χ1n) is 8.07. The van der Waals surface area contributed by atoms with E-state index < -0.39 is 0 Å². The van der Waals surface area contributed by atoms with Crippen LogP contribution in [0.3, 0.4) is 0 Å². The number of hydrogen-bond acceptors (Lipinski definition) is 5. The maximum atomic E-state index is 12.6. The van der Waals surface area contributed by atoms with Crippen molar-refractivity contribution in [3.63, 3.8) is 0 Å². The molecule has 2 aromatic heterocycles. The molecular formula is C17H23N3O2S. The maximum Gasteiger partial charge on any atom is 0.228 e. The molecule has 0 spiro atoms. The van der Waals surface area contributed by atoms with Crippen molar-refractivity contribution in [2.24, 2.45) is 11.7 Å². The predicted octanol–water partition coefficient (Wildman–Crippen LogP) is 2.84. The lowest BCUT2D eigenvalue weighted by atomic mass is 9.92. The molecular weight excluding hydrogens is 310 g/mol. The number of nitrogens with two attached hydrogens (primary N) is 1. The summed E-state index contributed by atoms with van der Waals surface area (Å²) in [6.45, 7) is 5.47. The first-order valence-corrected chi connectivity index (χ1v) is 8.95. The molecule has 0 aromatic carbocycles. The zero-order valence-corrected chi connectivity index (χ0v) is 14.4. The van der Waals surface area contributed by atoms with Crippen molar-refractivity contribution in [1.82, 2.24) is 9.88 Å². The normalized spacial score (nSPS) is 21.6. The molecule has 2 N–H and O–H groups in total. The number of piperidine rings is 1. The summed E-state index contributed by atoms with van der Waals surface area (Å²) in [5.41, 5.74) is 6.65. The van der Waals surface area contributed by atoms with E-state index in [-0.39, 0.29) is 11.9 Å². The summed E-state index contributed by atoms with van der Waals surface area (Å²) in [6.07, 6.45) is 2.38. The SMILES string of the molecule is Cc1ccc(-c2nc(CC(=O)N3CCC(C)CC3CN)cs2)o1. The Labute approximate surface area is 140 Å². The number of furan rings is 1. The van der Waals surface area contributed by atoms with Crippen molar-refractivity contribution < 1.29 is 9.21 Å². The van der Waals surface area contributed by atoms with Crippen LogP contribution in [0.25, 0.3) is 10.8 Å². The van der Waals surface area contributed by atoms with Crippen LogP contribution >= 0.6 is 11.3 Å². The van der Waals surface area contributed by atoms with Gasteiger partial charge in [-0.1, -0.05) is 6.92 Å². The summed E-state index contributed by atoms with van der Waals surface area (Å²) in [5.74, 6) is 2.39. The Balaban J connectivity index is 1.67. The minimum absolute atomic E-state index is 0.125. The van der Waals surface area contributed by atoms with Crippen LogP contribution < -0.4 is 5.73 Å². The summed E-state index contributed by atoms with van der Waals surface area (Å²) in [4.78, 5) is 19.1. The molecule has 3 heterocycles. The highest BCUT2D eigenvalue weighted by Crippen LogP contribution is 2.27. The Morgan fingerprint density at radius 1 is 1.52 bits per heavy atom. The highest BCUT2D eigenvalue weighted by atomic mass is 32.1. The number of carbonyl (C=O) groups excluding carboxylic acids is 1. The summed E-state index contributed by atoms with van der Waals surface area (Å²) in [5, 5.41) is 2.76. The van der Waals surface area contributed by atoms with Crippen molar-refractivity contribution >= 4 is 17.2 Å². The van der Waals surface area contributed by atoms with Gasteiger partial charge in [0.05, 0.1) is 12.1 Å². The third-order valence-corrected chi connectivity index (χ3v) is 5.31. The molecule has 2 atom stereocenters. The van der Waals surface area contributed by atoms with Crippen molar-refractivity contribution in [2.75, 3.05) is 13.1 Å². The van der Waals surface area contributed by atoms with E-state index in [2.05, 4.69) is 11.9 Å². The van der Waals surface area contributed by atoms with Crippen LogP contribution in [0.1, 0.15) is 31.2 Å². The zero-order valence-electron chi connectivity index (χ0n) is 13.6. The second-order valence-corrected chi connectivity index (χ2v) is 7.20. The van der Waals surface area contributed by atoms with Crippen molar-refractivity contribution in [1.29, 1.82) is 0 Å². The van der Waals surface area contributed by atoms with Gasteiger partial charge in [0.25, 0.3) is 0 Å². The molecule has 1 amide bonds. The van der Waals surface area contributed by atoms with Crippen molar-refractivity contribution in [3.8, 4) is 10.8 Å². The molecule has 1 saturated heterocycles. The average molecular weight is 333 g/mol. The Morgan fingerprint density at radius 3 is 3.04 bits per heavy atom. The van der Waals surface area contributed by atoms with Gasteiger partial charge < -0.3 is 15.1 Å². The van der Waals surface area contributed by atoms with Gasteiger partial charge in [0.15, 0.2) is 10.8 Å². The maximum absolute atomic E-state index is 12.6. The second kappa shape index (κ2) is 6.84. The number of carbonyl (C=O) groups is 1. The molecule has 5 nitrogen and oxygen atoms in total. The molecule has 2 unspecified atom stereocenters. The van der Waals surface area contributed by atoms with Gasteiger partial charge in [-0.25, -0.2) is 4.98 Å². The molecule has 3 rings (SSSR count). The highest BCUT2D eigenvalue weighted by molar-refractivity contribution is 7.13. The number of aryl methyl sites for hydroxylation is 1. The van der Waals surface area contributed by atoms with E-state index in [0.29, 0.717) is 18.9 Å². The number of likely N-dealkylation sites (tertiary alicyclic amines) is 1. The largest absolute Gasteiger partial charge is 0.459 e. The summed E-state index contributed by atoms with van der Waals surface area (Å²) in [7, 11) is 0.